The van der Waals surface area contributed by atoms with Crippen LogP contribution < -0.4 is 5.32 Å². The number of hydrogen-bond donors (Lipinski definition) is 1. The number of alkyl halides is 3. The molecule has 1 saturated heterocycles. The van der Waals surface area contributed by atoms with E-state index in [2.05, 4.69) is 15.3 Å². The van der Waals surface area contributed by atoms with Gasteiger partial charge in [0.2, 0.25) is 6.41 Å². The summed E-state index contributed by atoms with van der Waals surface area (Å²) < 4.78 is 38.4. The molecule has 1 amide bonds. The first kappa shape index (κ1) is 25.2. The van der Waals surface area contributed by atoms with Crippen LogP contribution in [0.2, 0.25) is 0 Å². The highest BCUT2D eigenvalue weighted by atomic mass is 32.1. The Labute approximate surface area is 174 Å². The molecule has 1 fully saturated rings. The predicted octanol–water partition coefficient (Wildman–Crippen LogP) is 4.72. The van der Waals surface area contributed by atoms with Crippen LogP contribution in [0.15, 0.2) is 18.2 Å². The van der Waals surface area contributed by atoms with Gasteiger partial charge in [0.1, 0.15) is 11.4 Å². The number of carbonyl (C=O) groups is 1. The monoisotopic (exact) mass is 432 g/mol. The van der Waals surface area contributed by atoms with E-state index in [1.165, 1.54) is 44.3 Å². The molecule has 0 radical (unpaired) electrons. The van der Waals surface area contributed by atoms with Gasteiger partial charge >= 0.3 is 6.18 Å². The topological polar surface area (TPSA) is 50.2 Å². The van der Waals surface area contributed by atoms with Crippen LogP contribution in [0.5, 0.6) is 0 Å². The molecule has 29 heavy (non-hydrogen) atoms. The standard InChI is InChI=1S/C10H9F3N2S.C8H16N2O.C2H6/c1-6-3-4-8(16-6)7-5-9(10(11,12)13)15(2)14-7;11-8-9-4-3-7-10-5-1-2-6-10;1-2/h3-5H,1-2H3;8H,1-7H2,(H,9,11);1-2H3. The SMILES string of the molecule is CC.Cc1ccc(-c2cc(C(F)(F)F)n(C)n2)s1.O=CNCCCN1CCCC1. The van der Waals surface area contributed by atoms with Gasteiger partial charge in [0.25, 0.3) is 0 Å². The number of likely N-dealkylation sites (tertiary alicyclic amines) is 1. The number of aromatic nitrogens is 2. The highest BCUT2D eigenvalue weighted by Crippen LogP contribution is 2.33. The third kappa shape index (κ3) is 8.57. The van der Waals surface area contributed by atoms with E-state index in [-0.39, 0.29) is 0 Å². The minimum absolute atomic E-state index is 0.368. The first-order chi connectivity index (χ1) is 13.8. The molecule has 164 valence electrons. The van der Waals surface area contributed by atoms with Crippen LogP contribution in [0, 0.1) is 6.92 Å². The van der Waals surface area contributed by atoms with E-state index < -0.39 is 11.9 Å². The van der Waals surface area contributed by atoms with Gasteiger partial charge in [-0.2, -0.15) is 18.3 Å². The number of carbonyl (C=O) groups excluding carboxylic acids is 1. The van der Waals surface area contributed by atoms with Gasteiger partial charge in [0.15, 0.2) is 0 Å². The highest BCUT2D eigenvalue weighted by Gasteiger charge is 2.35. The molecular formula is C20H31F3N4OS. The fourth-order valence-corrected chi connectivity index (χ4v) is 3.72. The molecule has 0 aromatic carbocycles. The number of thiophene rings is 1. The quantitative estimate of drug-likeness (QED) is 0.531. The second-order valence-corrected chi connectivity index (χ2v) is 7.71. The van der Waals surface area contributed by atoms with Gasteiger partial charge in [0.05, 0.1) is 4.88 Å². The maximum Gasteiger partial charge on any atom is 0.433 e. The Hall–Kier alpha value is -1.87. The van der Waals surface area contributed by atoms with Gasteiger partial charge in [-0.25, -0.2) is 0 Å². The Morgan fingerprint density at radius 3 is 2.38 bits per heavy atom. The summed E-state index contributed by atoms with van der Waals surface area (Å²) in [5.41, 5.74) is -0.360. The maximum absolute atomic E-state index is 12.5. The lowest BCUT2D eigenvalue weighted by molar-refractivity contribution is -0.143. The Morgan fingerprint density at radius 1 is 1.24 bits per heavy atom. The fraction of sp³-hybridized carbons (Fsp3) is 0.600. The summed E-state index contributed by atoms with van der Waals surface area (Å²) in [7, 11) is 1.30. The molecule has 3 heterocycles. The first-order valence-corrected chi connectivity index (χ1v) is 10.7. The summed E-state index contributed by atoms with van der Waals surface area (Å²) in [6.45, 7) is 10.4. The van der Waals surface area contributed by atoms with Gasteiger partial charge in [-0.15, -0.1) is 11.3 Å². The number of nitrogens with one attached hydrogen (secondary N) is 1. The van der Waals surface area contributed by atoms with Crippen molar-refractivity contribution in [3.63, 3.8) is 0 Å². The van der Waals surface area contributed by atoms with Crippen molar-refractivity contribution in [3.8, 4) is 10.6 Å². The van der Waals surface area contributed by atoms with E-state index in [9.17, 15) is 18.0 Å². The van der Waals surface area contributed by atoms with E-state index in [0.29, 0.717) is 5.69 Å². The molecule has 1 N–H and O–H groups in total. The van der Waals surface area contributed by atoms with E-state index >= 15 is 0 Å². The molecular weight excluding hydrogens is 401 g/mol. The molecule has 9 heteroatoms. The molecule has 0 unspecified atom stereocenters. The highest BCUT2D eigenvalue weighted by molar-refractivity contribution is 7.15. The smallest absolute Gasteiger partial charge is 0.359 e. The van der Waals surface area contributed by atoms with Gasteiger partial charge in [-0.1, -0.05) is 13.8 Å². The number of halogens is 3. The van der Waals surface area contributed by atoms with Crippen LogP contribution in [-0.4, -0.2) is 47.3 Å². The molecule has 5 nitrogen and oxygen atoms in total. The van der Waals surface area contributed by atoms with Crippen molar-refractivity contribution in [2.24, 2.45) is 7.05 Å². The van der Waals surface area contributed by atoms with Crippen molar-refractivity contribution in [2.45, 2.75) is 46.2 Å². The van der Waals surface area contributed by atoms with Crippen molar-refractivity contribution < 1.29 is 18.0 Å². The number of aryl methyl sites for hydroxylation is 2. The Kier molecular flexibility index (Phi) is 11.0. The van der Waals surface area contributed by atoms with E-state index in [0.717, 1.165) is 46.4 Å². The molecule has 0 atom stereocenters. The van der Waals surface area contributed by atoms with Gasteiger partial charge in [-0.05, 0) is 64.0 Å². The van der Waals surface area contributed by atoms with Crippen molar-refractivity contribution in [3.05, 3.63) is 28.8 Å². The van der Waals surface area contributed by atoms with E-state index in [1.807, 2.05) is 26.8 Å². The number of amides is 1. The van der Waals surface area contributed by atoms with Crippen molar-refractivity contribution >= 4 is 17.7 Å². The summed E-state index contributed by atoms with van der Waals surface area (Å²) >= 11 is 1.43. The molecule has 0 aliphatic carbocycles. The van der Waals surface area contributed by atoms with Gasteiger partial charge in [-0.3, -0.25) is 9.48 Å². The van der Waals surface area contributed by atoms with Crippen LogP contribution in [0.1, 0.15) is 43.7 Å². The average molecular weight is 433 g/mol. The number of rotatable bonds is 6. The maximum atomic E-state index is 12.5. The van der Waals surface area contributed by atoms with Crippen LogP contribution in [-0.2, 0) is 18.0 Å². The zero-order chi connectivity index (χ0) is 21.9. The zero-order valence-electron chi connectivity index (χ0n) is 17.6. The number of hydrogen-bond acceptors (Lipinski definition) is 4. The second-order valence-electron chi connectivity index (χ2n) is 6.42. The lowest BCUT2D eigenvalue weighted by Gasteiger charge is -2.13. The molecule has 2 aromatic rings. The van der Waals surface area contributed by atoms with Crippen molar-refractivity contribution in [1.82, 2.24) is 20.0 Å². The Morgan fingerprint density at radius 2 is 1.90 bits per heavy atom. The molecule has 0 bridgehead atoms. The third-order valence-electron chi connectivity index (χ3n) is 4.24. The van der Waals surface area contributed by atoms with E-state index in [4.69, 9.17) is 0 Å². The molecule has 1 aliphatic rings. The van der Waals surface area contributed by atoms with E-state index in [1.54, 1.807) is 6.07 Å². The summed E-state index contributed by atoms with van der Waals surface area (Å²) in [4.78, 5) is 14.1. The molecule has 0 spiro atoms. The molecule has 0 saturated carbocycles. The average Bonchev–Trinajstić information content (AvgIpc) is 3.41. The summed E-state index contributed by atoms with van der Waals surface area (Å²) in [5, 5.41) is 6.53. The normalized spacial score (nSPS) is 13.9. The zero-order valence-corrected chi connectivity index (χ0v) is 18.4. The first-order valence-electron chi connectivity index (χ1n) is 9.88. The second kappa shape index (κ2) is 12.6. The minimum Gasteiger partial charge on any atom is -0.359 e. The van der Waals surface area contributed by atoms with Crippen LogP contribution in [0.25, 0.3) is 10.6 Å². The molecule has 1 aliphatic heterocycles. The molecule has 2 aromatic heterocycles. The third-order valence-corrected chi connectivity index (χ3v) is 5.26. The summed E-state index contributed by atoms with van der Waals surface area (Å²) in [6, 6.07) is 4.72. The van der Waals surface area contributed by atoms with Crippen LogP contribution in [0.3, 0.4) is 0 Å². The lowest BCUT2D eigenvalue weighted by Crippen LogP contribution is -2.24. The summed E-state index contributed by atoms with van der Waals surface area (Å²) in [6.07, 6.45) is 0.192. The van der Waals surface area contributed by atoms with Gasteiger partial charge < -0.3 is 10.2 Å². The molecule has 3 rings (SSSR count). The van der Waals surface area contributed by atoms with Crippen LogP contribution >= 0.6 is 11.3 Å². The largest absolute Gasteiger partial charge is 0.433 e. The number of nitrogens with zero attached hydrogens (tertiary/aromatic N) is 3. The van der Waals surface area contributed by atoms with Gasteiger partial charge in [0, 0.05) is 18.5 Å². The van der Waals surface area contributed by atoms with Crippen molar-refractivity contribution in [1.29, 1.82) is 0 Å². The fourth-order valence-electron chi connectivity index (χ4n) is 2.90. The Balaban J connectivity index is 0.000000284. The summed E-state index contributed by atoms with van der Waals surface area (Å²) in [5.74, 6) is 0. The minimum atomic E-state index is -4.35. The van der Waals surface area contributed by atoms with Crippen LogP contribution in [0.4, 0.5) is 13.2 Å². The van der Waals surface area contributed by atoms with Crippen molar-refractivity contribution in [2.75, 3.05) is 26.2 Å². The Bertz CT molecular complexity index is 722. The predicted molar refractivity (Wildman–Crippen MR) is 112 cm³/mol. The lowest BCUT2D eigenvalue weighted by atomic mass is 10.3.